The molecule has 1 aliphatic rings. The minimum atomic E-state index is -1.38. The van der Waals surface area contributed by atoms with E-state index in [-0.39, 0.29) is 11.3 Å². The Labute approximate surface area is 201 Å². The lowest BCUT2D eigenvalue weighted by Gasteiger charge is -2.46. The summed E-state index contributed by atoms with van der Waals surface area (Å²) in [5.41, 5.74) is 5.45. The molecule has 186 valence electrons. The van der Waals surface area contributed by atoms with Crippen LogP contribution in [0.15, 0.2) is 51.7 Å². The van der Waals surface area contributed by atoms with Gasteiger partial charge in [0.1, 0.15) is 35.3 Å². The summed E-state index contributed by atoms with van der Waals surface area (Å²) in [5.74, 6) is -0.209. The quantitative estimate of drug-likeness (QED) is 0.315. The number of hydrogen-bond acceptors (Lipinski definition) is 9. The summed E-state index contributed by atoms with van der Waals surface area (Å²) in [6.45, 7) is 5.12. The fourth-order valence-corrected chi connectivity index (χ4v) is 4.22. The number of fused-ring (bicyclic) bond motifs is 1. The van der Waals surface area contributed by atoms with Crippen molar-refractivity contribution in [2.45, 2.75) is 51.0 Å². The SMILES string of the molecule is CO[C@@H]1[C@@H](O)[C@H](O)[C@H](Oc2ccc3cc(NC(=O)c4cccc(N)c4)c(=O)oc3c2C)OC1(C)C. The van der Waals surface area contributed by atoms with E-state index < -0.39 is 41.7 Å². The standard InChI is InChI=1S/C25H28N2O8/c1-12-17(33-24-19(29)18(28)21(32-4)25(2,3)35-24)9-8-13-11-16(23(31)34-20(12)13)27-22(30)14-6-5-7-15(26)10-14/h5-11,18-19,21,24,28-29H,26H2,1-4H3,(H,27,30)/t18-,19-,21+,24+/m0/s1. The van der Waals surface area contributed by atoms with E-state index in [0.29, 0.717) is 28.0 Å². The lowest BCUT2D eigenvalue weighted by molar-refractivity contribution is -0.306. The minimum absolute atomic E-state index is 0.0282. The highest BCUT2D eigenvalue weighted by Gasteiger charge is 2.50. The number of hydrogen-bond donors (Lipinski definition) is 4. The Morgan fingerprint density at radius 2 is 1.89 bits per heavy atom. The van der Waals surface area contributed by atoms with Crippen molar-refractivity contribution in [2.75, 3.05) is 18.2 Å². The van der Waals surface area contributed by atoms with Crippen LogP contribution in [0.5, 0.6) is 5.75 Å². The molecule has 5 N–H and O–H groups in total. The number of carbonyl (C=O) groups excluding carboxylic acids is 1. The second-order valence-electron chi connectivity index (χ2n) is 8.98. The van der Waals surface area contributed by atoms with Crippen LogP contribution in [0.1, 0.15) is 29.8 Å². The summed E-state index contributed by atoms with van der Waals surface area (Å²) in [7, 11) is 1.42. The number of rotatable bonds is 5. The Kier molecular flexibility index (Phi) is 6.56. The maximum atomic E-state index is 12.6. The van der Waals surface area contributed by atoms with E-state index in [2.05, 4.69) is 5.32 Å². The van der Waals surface area contributed by atoms with Gasteiger partial charge in [0.15, 0.2) is 0 Å². The molecule has 2 aromatic carbocycles. The largest absolute Gasteiger partial charge is 0.462 e. The van der Waals surface area contributed by atoms with Gasteiger partial charge in [0, 0.05) is 29.3 Å². The van der Waals surface area contributed by atoms with Crippen LogP contribution in [-0.4, -0.2) is 53.4 Å². The van der Waals surface area contributed by atoms with Crippen LogP contribution in [0.2, 0.25) is 0 Å². The van der Waals surface area contributed by atoms with E-state index in [4.69, 9.17) is 24.4 Å². The zero-order chi connectivity index (χ0) is 25.5. The van der Waals surface area contributed by atoms with Crippen LogP contribution in [-0.2, 0) is 9.47 Å². The number of ether oxygens (including phenoxy) is 3. The van der Waals surface area contributed by atoms with E-state index >= 15 is 0 Å². The van der Waals surface area contributed by atoms with Gasteiger partial charge >= 0.3 is 5.63 Å². The molecule has 1 amide bonds. The summed E-state index contributed by atoms with van der Waals surface area (Å²) < 4.78 is 22.5. The highest BCUT2D eigenvalue weighted by atomic mass is 16.7. The topological polar surface area (TPSA) is 153 Å². The Morgan fingerprint density at radius 1 is 1.14 bits per heavy atom. The molecule has 10 heteroatoms. The van der Waals surface area contributed by atoms with Gasteiger partial charge in [-0.05, 0) is 57.2 Å². The summed E-state index contributed by atoms with van der Waals surface area (Å²) in [4.78, 5) is 25.1. The first-order valence-electron chi connectivity index (χ1n) is 11.0. The first-order valence-corrected chi connectivity index (χ1v) is 11.0. The van der Waals surface area contributed by atoms with Gasteiger partial charge in [0.2, 0.25) is 6.29 Å². The van der Waals surface area contributed by atoms with Crippen molar-refractivity contribution in [3.63, 3.8) is 0 Å². The van der Waals surface area contributed by atoms with Crippen molar-refractivity contribution in [3.8, 4) is 5.75 Å². The Balaban J connectivity index is 1.60. The highest BCUT2D eigenvalue weighted by molar-refractivity contribution is 6.05. The zero-order valence-electron chi connectivity index (χ0n) is 19.8. The molecular weight excluding hydrogens is 456 g/mol. The number of benzene rings is 2. The Bertz CT molecular complexity index is 1320. The number of nitrogens with two attached hydrogens (primary N) is 1. The maximum absolute atomic E-state index is 12.6. The molecule has 1 aromatic heterocycles. The fraction of sp³-hybridized carbons (Fsp3) is 0.360. The van der Waals surface area contributed by atoms with Gasteiger partial charge in [-0.15, -0.1) is 0 Å². The number of aryl methyl sites for hydroxylation is 1. The van der Waals surface area contributed by atoms with Crippen molar-refractivity contribution in [1.82, 2.24) is 0 Å². The molecule has 0 radical (unpaired) electrons. The van der Waals surface area contributed by atoms with E-state index in [1.807, 2.05) is 0 Å². The third-order valence-corrected chi connectivity index (χ3v) is 6.04. The second-order valence-corrected chi connectivity index (χ2v) is 8.98. The van der Waals surface area contributed by atoms with Gasteiger partial charge in [-0.2, -0.15) is 0 Å². The molecule has 10 nitrogen and oxygen atoms in total. The minimum Gasteiger partial charge on any atom is -0.462 e. The number of anilines is 2. The molecule has 1 aliphatic heterocycles. The number of carbonyl (C=O) groups is 1. The molecule has 3 aromatic rings. The molecule has 35 heavy (non-hydrogen) atoms. The van der Waals surface area contributed by atoms with E-state index in [1.165, 1.54) is 19.2 Å². The van der Waals surface area contributed by atoms with Crippen LogP contribution < -0.4 is 21.4 Å². The van der Waals surface area contributed by atoms with Crippen molar-refractivity contribution >= 4 is 28.3 Å². The highest BCUT2D eigenvalue weighted by Crippen LogP contribution is 2.35. The molecule has 1 saturated heterocycles. The lowest BCUT2D eigenvalue weighted by atomic mass is 9.89. The van der Waals surface area contributed by atoms with Gasteiger partial charge in [0.25, 0.3) is 5.91 Å². The molecule has 1 fully saturated rings. The van der Waals surface area contributed by atoms with E-state index in [1.54, 1.807) is 51.1 Å². The average Bonchev–Trinajstić information content (AvgIpc) is 2.80. The van der Waals surface area contributed by atoms with Crippen LogP contribution in [0.25, 0.3) is 11.0 Å². The Morgan fingerprint density at radius 3 is 2.57 bits per heavy atom. The summed E-state index contributed by atoms with van der Waals surface area (Å²) in [6, 6.07) is 11.1. The monoisotopic (exact) mass is 484 g/mol. The summed E-state index contributed by atoms with van der Waals surface area (Å²) in [6.07, 6.45) is -4.56. The number of nitrogen functional groups attached to an aromatic ring is 1. The molecule has 4 atom stereocenters. The van der Waals surface area contributed by atoms with Gasteiger partial charge in [-0.3, -0.25) is 4.79 Å². The van der Waals surface area contributed by atoms with E-state index in [0.717, 1.165) is 0 Å². The van der Waals surface area contributed by atoms with Gasteiger partial charge in [0.05, 0.1) is 5.60 Å². The van der Waals surface area contributed by atoms with Crippen molar-refractivity contribution in [3.05, 3.63) is 64.0 Å². The van der Waals surface area contributed by atoms with Gasteiger partial charge < -0.3 is 39.9 Å². The van der Waals surface area contributed by atoms with E-state index in [9.17, 15) is 19.8 Å². The molecule has 4 rings (SSSR count). The molecular formula is C25H28N2O8. The molecule has 0 spiro atoms. The van der Waals surface area contributed by atoms with Crippen LogP contribution in [0.4, 0.5) is 11.4 Å². The van der Waals surface area contributed by atoms with Crippen LogP contribution in [0.3, 0.4) is 0 Å². The van der Waals surface area contributed by atoms with Gasteiger partial charge in [-0.1, -0.05) is 6.07 Å². The number of aliphatic hydroxyl groups is 2. The van der Waals surface area contributed by atoms with Crippen molar-refractivity contribution in [1.29, 1.82) is 0 Å². The zero-order valence-corrected chi connectivity index (χ0v) is 19.8. The molecule has 2 heterocycles. The molecule has 0 saturated carbocycles. The van der Waals surface area contributed by atoms with Crippen LogP contribution >= 0.6 is 0 Å². The van der Waals surface area contributed by atoms with Crippen LogP contribution in [0, 0.1) is 6.92 Å². The normalized spacial score (nSPS) is 23.7. The third kappa shape index (κ3) is 4.73. The number of nitrogens with one attached hydrogen (secondary N) is 1. The molecule has 0 aliphatic carbocycles. The Hall–Kier alpha value is -3.44. The van der Waals surface area contributed by atoms with Crippen molar-refractivity contribution < 1.29 is 33.6 Å². The fourth-order valence-electron chi connectivity index (χ4n) is 4.22. The van der Waals surface area contributed by atoms with Crippen molar-refractivity contribution in [2.24, 2.45) is 0 Å². The van der Waals surface area contributed by atoms with Gasteiger partial charge in [-0.25, -0.2) is 4.79 Å². The molecule has 0 bridgehead atoms. The average molecular weight is 485 g/mol. The maximum Gasteiger partial charge on any atom is 0.360 e. The summed E-state index contributed by atoms with van der Waals surface area (Å²) in [5, 5.41) is 24.1. The predicted octanol–water partition coefficient (Wildman–Crippen LogP) is 2.19. The lowest BCUT2D eigenvalue weighted by Crippen LogP contribution is -2.63. The second kappa shape index (κ2) is 9.31. The number of amides is 1. The number of aliphatic hydroxyl groups excluding tert-OH is 2. The number of methoxy groups -OCH3 is 1. The first-order chi connectivity index (χ1) is 16.5. The third-order valence-electron chi connectivity index (χ3n) is 6.04. The molecule has 0 unspecified atom stereocenters. The first kappa shape index (κ1) is 24.7. The summed E-state index contributed by atoms with van der Waals surface area (Å²) >= 11 is 0. The predicted molar refractivity (Wildman–Crippen MR) is 128 cm³/mol. The smallest absolute Gasteiger partial charge is 0.360 e.